The molecule has 0 aliphatic rings. The van der Waals surface area contributed by atoms with Crippen LogP contribution in [0.1, 0.15) is 11.1 Å². The first kappa shape index (κ1) is 11.7. The smallest absolute Gasteiger partial charge is 0.122 e. The summed E-state index contributed by atoms with van der Waals surface area (Å²) in [6.45, 7) is 1.11. The average Bonchev–Trinajstić information content (AvgIpc) is 2.93. The van der Waals surface area contributed by atoms with Gasteiger partial charge in [0.2, 0.25) is 0 Å². The third-order valence-corrected chi connectivity index (χ3v) is 3.06. The molecule has 3 N–H and O–H groups in total. The Hall–Kier alpha value is -2.33. The third kappa shape index (κ3) is 2.58. The molecular weight excluding hydrogens is 238 g/mol. The van der Waals surface area contributed by atoms with E-state index in [0.29, 0.717) is 13.2 Å². The van der Waals surface area contributed by atoms with Crippen molar-refractivity contribution in [2.75, 3.05) is 0 Å². The number of hydrogen-bond acceptors (Lipinski definition) is 3. The maximum atomic E-state index is 5.76. The molecule has 96 valence electrons. The lowest BCUT2D eigenvalue weighted by Crippen LogP contribution is -1.98. The molecule has 0 bridgehead atoms. The van der Waals surface area contributed by atoms with Gasteiger partial charge in [-0.25, -0.2) is 4.98 Å². The van der Waals surface area contributed by atoms with E-state index in [2.05, 4.69) is 9.97 Å². The maximum Gasteiger partial charge on any atom is 0.122 e. The lowest BCUT2D eigenvalue weighted by molar-refractivity contribution is 0.306. The number of nitrogens with zero attached hydrogens (tertiary/aromatic N) is 1. The fourth-order valence-electron chi connectivity index (χ4n) is 1.94. The summed E-state index contributed by atoms with van der Waals surface area (Å²) in [6, 6.07) is 14.0. The predicted octanol–water partition coefficient (Wildman–Crippen LogP) is 2.60. The SMILES string of the molecule is NCc1ccc(COc2ccc3nc[nH]c3c2)cc1. The molecule has 0 fully saturated rings. The van der Waals surface area contributed by atoms with E-state index in [1.54, 1.807) is 6.33 Å². The number of ether oxygens (including phenoxy) is 1. The standard InChI is InChI=1S/C15H15N3O/c16-8-11-1-3-12(4-2-11)9-19-13-5-6-14-15(7-13)18-10-17-14/h1-7,10H,8-9,16H2,(H,17,18). The average molecular weight is 253 g/mol. The largest absolute Gasteiger partial charge is 0.489 e. The number of aromatic nitrogens is 2. The van der Waals surface area contributed by atoms with Crippen molar-refractivity contribution < 1.29 is 4.74 Å². The normalized spacial score (nSPS) is 10.8. The lowest BCUT2D eigenvalue weighted by atomic mass is 10.1. The molecule has 1 heterocycles. The first-order valence-electron chi connectivity index (χ1n) is 6.19. The zero-order valence-electron chi connectivity index (χ0n) is 10.5. The van der Waals surface area contributed by atoms with Gasteiger partial charge in [-0.2, -0.15) is 0 Å². The maximum absolute atomic E-state index is 5.76. The van der Waals surface area contributed by atoms with Crippen molar-refractivity contribution in [1.29, 1.82) is 0 Å². The molecule has 0 atom stereocenters. The summed E-state index contributed by atoms with van der Waals surface area (Å²) < 4.78 is 5.76. The number of imidazole rings is 1. The van der Waals surface area contributed by atoms with Gasteiger partial charge in [-0.15, -0.1) is 0 Å². The van der Waals surface area contributed by atoms with Crippen LogP contribution in [0.15, 0.2) is 48.8 Å². The molecule has 0 saturated carbocycles. The van der Waals surface area contributed by atoms with Crippen LogP contribution in [-0.2, 0) is 13.2 Å². The Kier molecular flexibility index (Phi) is 3.16. The molecule has 3 aromatic rings. The molecule has 0 saturated heterocycles. The minimum Gasteiger partial charge on any atom is -0.489 e. The number of fused-ring (bicyclic) bond motifs is 1. The molecule has 2 aromatic carbocycles. The number of nitrogens with one attached hydrogen (secondary N) is 1. The first-order chi connectivity index (χ1) is 9.35. The highest BCUT2D eigenvalue weighted by Crippen LogP contribution is 2.19. The van der Waals surface area contributed by atoms with Gasteiger partial charge in [0.15, 0.2) is 0 Å². The molecule has 0 aliphatic carbocycles. The summed E-state index contributed by atoms with van der Waals surface area (Å²) in [4.78, 5) is 7.24. The quantitative estimate of drug-likeness (QED) is 0.751. The van der Waals surface area contributed by atoms with E-state index in [-0.39, 0.29) is 0 Å². The van der Waals surface area contributed by atoms with Crippen LogP contribution in [0.2, 0.25) is 0 Å². The Morgan fingerprint density at radius 1 is 1.05 bits per heavy atom. The van der Waals surface area contributed by atoms with Gasteiger partial charge in [-0.05, 0) is 23.3 Å². The van der Waals surface area contributed by atoms with Crippen LogP contribution < -0.4 is 10.5 Å². The van der Waals surface area contributed by atoms with Gasteiger partial charge in [-0.1, -0.05) is 24.3 Å². The minimum absolute atomic E-state index is 0.546. The fraction of sp³-hybridized carbons (Fsp3) is 0.133. The van der Waals surface area contributed by atoms with Crippen molar-refractivity contribution in [3.05, 3.63) is 59.9 Å². The summed E-state index contributed by atoms with van der Waals surface area (Å²) in [5.41, 5.74) is 9.75. The molecular formula is C15H15N3O. The highest BCUT2D eigenvalue weighted by Gasteiger charge is 2.00. The van der Waals surface area contributed by atoms with E-state index in [0.717, 1.165) is 27.9 Å². The molecule has 4 nitrogen and oxygen atoms in total. The van der Waals surface area contributed by atoms with Crippen LogP contribution in [0.4, 0.5) is 0 Å². The topological polar surface area (TPSA) is 63.9 Å². The first-order valence-corrected chi connectivity index (χ1v) is 6.19. The highest BCUT2D eigenvalue weighted by molar-refractivity contribution is 5.75. The predicted molar refractivity (Wildman–Crippen MR) is 74.8 cm³/mol. The van der Waals surface area contributed by atoms with E-state index in [1.165, 1.54) is 0 Å². The third-order valence-electron chi connectivity index (χ3n) is 3.06. The van der Waals surface area contributed by atoms with Crippen LogP contribution >= 0.6 is 0 Å². The highest BCUT2D eigenvalue weighted by atomic mass is 16.5. The summed E-state index contributed by atoms with van der Waals surface area (Å²) in [5.74, 6) is 0.833. The fourth-order valence-corrected chi connectivity index (χ4v) is 1.94. The number of hydrogen-bond donors (Lipinski definition) is 2. The van der Waals surface area contributed by atoms with E-state index >= 15 is 0 Å². The van der Waals surface area contributed by atoms with Gasteiger partial charge in [0, 0.05) is 12.6 Å². The number of rotatable bonds is 4. The van der Waals surface area contributed by atoms with Crippen molar-refractivity contribution >= 4 is 11.0 Å². The van der Waals surface area contributed by atoms with E-state index < -0.39 is 0 Å². The van der Waals surface area contributed by atoms with Crippen LogP contribution in [0, 0.1) is 0 Å². The van der Waals surface area contributed by atoms with E-state index in [4.69, 9.17) is 10.5 Å². The van der Waals surface area contributed by atoms with Crippen LogP contribution in [0.5, 0.6) is 5.75 Å². The Labute approximate surface area is 111 Å². The van der Waals surface area contributed by atoms with Crippen LogP contribution in [0.3, 0.4) is 0 Å². The molecule has 0 amide bonds. The monoisotopic (exact) mass is 253 g/mol. The van der Waals surface area contributed by atoms with Crippen molar-refractivity contribution in [3.63, 3.8) is 0 Å². The lowest BCUT2D eigenvalue weighted by Gasteiger charge is -2.07. The van der Waals surface area contributed by atoms with Crippen LogP contribution in [-0.4, -0.2) is 9.97 Å². The molecule has 0 aliphatic heterocycles. The minimum atomic E-state index is 0.546. The Morgan fingerprint density at radius 2 is 1.84 bits per heavy atom. The summed E-state index contributed by atoms with van der Waals surface area (Å²) >= 11 is 0. The molecule has 0 unspecified atom stereocenters. The number of benzene rings is 2. The molecule has 3 rings (SSSR count). The zero-order chi connectivity index (χ0) is 13.1. The summed E-state index contributed by atoms with van der Waals surface area (Å²) in [6.07, 6.45) is 1.68. The number of nitrogens with two attached hydrogens (primary N) is 1. The number of aromatic amines is 1. The van der Waals surface area contributed by atoms with E-state index in [9.17, 15) is 0 Å². The second kappa shape index (κ2) is 5.12. The number of H-pyrrole nitrogens is 1. The molecule has 0 radical (unpaired) electrons. The van der Waals surface area contributed by atoms with Crippen molar-refractivity contribution in [2.45, 2.75) is 13.2 Å². The van der Waals surface area contributed by atoms with Gasteiger partial charge in [0.25, 0.3) is 0 Å². The van der Waals surface area contributed by atoms with Gasteiger partial charge < -0.3 is 15.5 Å². The van der Waals surface area contributed by atoms with Crippen LogP contribution in [0.25, 0.3) is 11.0 Å². The van der Waals surface area contributed by atoms with Gasteiger partial charge in [0.05, 0.1) is 17.4 Å². The summed E-state index contributed by atoms with van der Waals surface area (Å²) in [5, 5.41) is 0. The Bertz CT molecular complexity index is 673. The second-order valence-electron chi connectivity index (χ2n) is 4.39. The molecule has 0 spiro atoms. The van der Waals surface area contributed by atoms with Gasteiger partial charge in [-0.3, -0.25) is 0 Å². The van der Waals surface area contributed by atoms with Crippen molar-refractivity contribution in [2.24, 2.45) is 5.73 Å². The molecule has 4 heteroatoms. The molecule has 1 aromatic heterocycles. The van der Waals surface area contributed by atoms with E-state index in [1.807, 2.05) is 42.5 Å². The Morgan fingerprint density at radius 3 is 2.63 bits per heavy atom. The van der Waals surface area contributed by atoms with Gasteiger partial charge >= 0.3 is 0 Å². The zero-order valence-corrected chi connectivity index (χ0v) is 10.5. The second-order valence-corrected chi connectivity index (χ2v) is 4.39. The molecule has 19 heavy (non-hydrogen) atoms. The van der Waals surface area contributed by atoms with Gasteiger partial charge in [0.1, 0.15) is 12.4 Å². The Balaban J connectivity index is 1.70. The van der Waals surface area contributed by atoms with Crippen molar-refractivity contribution in [3.8, 4) is 5.75 Å². The summed E-state index contributed by atoms with van der Waals surface area (Å²) in [7, 11) is 0. The van der Waals surface area contributed by atoms with Crippen molar-refractivity contribution in [1.82, 2.24) is 9.97 Å².